The van der Waals surface area contributed by atoms with E-state index in [9.17, 15) is 13.2 Å². The van der Waals surface area contributed by atoms with Crippen molar-refractivity contribution >= 4 is 15.9 Å². The van der Waals surface area contributed by atoms with E-state index in [1.165, 1.54) is 0 Å². The first kappa shape index (κ1) is 26.5. The maximum absolute atomic E-state index is 13.2. The topological polar surface area (TPSA) is 84.9 Å². The van der Waals surface area contributed by atoms with E-state index in [2.05, 4.69) is 19.2 Å². The van der Waals surface area contributed by atoms with Gasteiger partial charge in [-0.1, -0.05) is 38.5 Å². The van der Waals surface area contributed by atoms with Gasteiger partial charge in [0.2, 0.25) is 15.9 Å². The lowest BCUT2D eigenvalue weighted by atomic mass is 9.83. The van der Waals surface area contributed by atoms with E-state index in [0.717, 1.165) is 55.4 Å². The number of amides is 1. The number of aryl methyl sites for hydroxylation is 1. The van der Waals surface area contributed by atoms with Crippen LogP contribution in [0.4, 0.5) is 0 Å². The molecule has 36 heavy (non-hydrogen) atoms. The van der Waals surface area contributed by atoms with Crippen LogP contribution >= 0.6 is 0 Å². The Morgan fingerprint density at radius 2 is 1.83 bits per heavy atom. The second-order valence-corrected chi connectivity index (χ2v) is 11.7. The van der Waals surface area contributed by atoms with E-state index in [-0.39, 0.29) is 28.9 Å². The van der Waals surface area contributed by atoms with Gasteiger partial charge in [0.1, 0.15) is 17.1 Å². The fourth-order valence-corrected chi connectivity index (χ4v) is 6.88. The van der Waals surface area contributed by atoms with E-state index < -0.39 is 10.0 Å². The lowest BCUT2D eigenvalue weighted by Gasteiger charge is -2.41. The molecule has 2 aromatic rings. The maximum atomic E-state index is 13.2. The lowest BCUT2D eigenvalue weighted by Crippen LogP contribution is -2.44. The van der Waals surface area contributed by atoms with Gasteiger partial charge in [-0.05, 0) is 61.9 Å². The average Bonchev–Trinajstić information content (AvgIpc) is 2.92. The Morgan fingerprint density at radius 1 is 1.11 bits per heavy atom. The first-order valence-corrected chi connectivity index (χ1v) is 14.5. The number of para-hydroxylation sites is 1. The van der Waals surface area contributed by atoms with Gasteiger partial charge in [-0.25, -0.2) is 8.42 Å². The Hall–Kier alpha value is -2.58. The molecule has 2 aliphatic rings. The van der Waals surface area contributed by atoms with E-state index in [4.69, 9.17) is 9.47 Å². The number of carbonyl (C=O) groups excluding carboxylic acids is 1. The molecule has 1 atom stereocenters. The van der Waals surface area contributed by atoms with Crippen LogP contribution in [0.3, 0.4) is 0 Å². The van der Waals surface area contributed by atoms with E-state index >= 15 is 0 Å². The second kappa shape index (κ2) is 11.2. The van der Waals surface area contributed by atoms with Gasteiger partial charge >= 0.3 is 0 Å². The predicted octanol–water partition coefficient (Wildman–Crippen LogP) is 5.00. The zero-order chi connectivity index (χ0) is 25.8. The molecule has 1 N–H and O–H groups in total. The number of fused-ring (bicyclic) bond motifs is 1. The molecule has 1 amide bonds. The van der Waals surface area contributed by atoms with Crippen LogP contribution in [-0.2, 0) is 21.2 Å². The number of rotatable bonds is 9. The minimum Gasteiger partial charge on any atom is -0.496 e. The van der Waals surface area contributed by atoms with Crippen LogP contribution < -0.4 is 14.8 Å². The Kier molecular flexibility index (Phi) is 8.25. The molecule has 7 nitrogen and oxygen atoms in total. The van der Waals surface area contributed by atoms with Gasteiger partial charge in [0.25, 0.3) is 0 Å². The van der Waals surface area contributed by atoms with Crippen molar-refractivity contribution in [2.45, 2.75) is 81.8 Å². The zero-order valence-corrected chi connectivity index (χ0v) is 22.4. The molecule has 2 aliphatic heterocycles. The Bertz CT molecular complexity index is 1170. The van der Waals surface area contributed by atoms with Crippen LogP contribution in [0.15, 0.2) is 47.4 Å². The molecule has 0 radical (unpaired) electrons. The van der Waals surface area contributed by atoms with E-state index in [1.54, 1.807) is 29.6 Å². The highest BCUT2D eigenvalue weighted by molar-refractivity contribution is 7.89. The van der Waals surface area contributed by atoms with Crippen LogP contribution in [0, 0.1) is 0 Å². The van der Waals surface area contributed by atoms with Gasteiger partial charge in [-0.3, -0.25) is 4.79 Å². The molecule has 196 valence electrons. The van der Waals surface area contributed by atoms with Gasteiger partial charge in [-0.2, -0.15) is 4.31 Å². The third kappa shape index (κ3) is 5.54. The summed E-state index contributed by atoms with van der Waals surface area (Å²) in [5.41, 5.74) is 1.41. The highest BCUT2D eigenvalue weighted by Crippen LogP contribution is 2.42. The SMILES string of the molecule is CCC1(CC)C[C@H](NC(=O)CCc2cc(S(=O)(=O)N3CCCCC3)ccc2OC)c2ccccc2O1. The zero-order valence-electron chi connectivity index (χ0n) is 21.6. The minimum absolute atomic E-state index is 0.0795. The summed E-state index contributed by atoms with van der Waals surface area (Å²) in [5.74, 6) is 1.34. The number of nitrogens with zero attached hydrogens (tertiary/aromatic N) is 1. The first-order chi connectivity index (χ1) is 17.3. The second-order valence-electron chi connectivity index (χ2n) is 9.79. The smallest absolute Gasteiger partial charge is 0.243 e. The summed E-state index contributed by atoms with van der Waals surface area (Å²) in [6, 6.07) is 12.7. The molecule has 0 unspecified atom stereocenters. The Balaban J connectivity index is 1.48. The van der Waals surface area contributed by atoms with Crippen LogP contribution in [-0.4, -0.2) is 44.4 Å². The maximum Gasteiger partial charge on any atom is 0.243 e. The van der Waals surface area contributed by atoms with Crippen molar-refractivity contribution in [3.05, 3.63) is 53.6 Å². The lowest BCUT2D eigenvalue weighted by molar-refractivity contribution is -0.122. The molecular weight excluding hydrogens is 476 g/mol. The number of hydrogen-bond donors (Lipinski definition) is 1. The molecule has 0 aliphatic carbocycles. The summed E-state index contributed by atoms with van der Waals surface area (Å²) in [6.45, 7) is 5.34. The van der Waals surface area contributed by atoms with Gasteiger partial charge in [0.15, 0.2) is 0 Å². The Morgan fingerprint density at radius 3 is 2.53 bits per heavy atom. The minimum atomic E-state index is -3.56. The van der Waals surface area contributed by atoms with Crippen molar-refractivity contribution in [1.29, 1.82) is 0 Å². The number of piperidine rings is 1. The van der Waals surface area contributed by atoms with Gasteiger partial charge < -0.3 is 14.8 Å². The molecule has 1 saturated heterocycles. The third-order valence-electron chi connectivity index (χ3n) is 7.65. The quantitative estimate of drug-likeness (QED) is 0.509. The van der Waals surface area contributed by atoms with Gasteiger partial charge in [0.05, 0.1) is 18.0 Å². The molecule has 8 heteroatoms. The summed E-state index contributed by atoms with van der Waals surface area (Å²) in [4.78, 5) is 13.4. The highest BCUT2D eigenvalue weighted by atomic mass is 32.2. The summed E-state index contributed by atoms with van der Waals surface area (Å²) >= 11 is 0. The molecule has 1 fully saturated rings. The van der Waals surface area contributed by atoms with Crippen molar-refractivity contribution < 1.29 is 22.7 Å². The fraction of sp³-hybridized carbons (Fsp3) is 0.536. The first-order valence-electron chi connectivity index (χ1n) is 13.1. The van der Waals surface area contributed by atoms with Crippen LogP contribution in [0.25, 0.3) is 0 Å². The van der Waals surface area contributed by atoms with E-state index in [0.29, 0.717) is 25.3 Å². The summed E-state index contributed by atoms with van der Waals surface area (Å²) in [5, 5.41) is 3.22. The molecule has 2 aromatic carbocycles. The summed E-state index contributed by atoms with van der Waals surface area (Å²) < 4.78 is 39.7. The van der Waals surface area contributed by atoms with Crippen LogP contribution in [0.1, 0.15) is 76.0 Å². The van der Waals surface area contributed by atoms with E-state index in [1.807, 2.05) is 24.3 Å². The summed E-state index contributed by atoms with van der Waals surface area (Å²) in [6.07, 6.45) is 5.88. The molecule has 2 heterocycles. The van der Waals surface area contributed by atoms with Crippen LogP contribution in [0.5, 0.6) is 11.5 Å². The number of hydrogen-bond acceptors (Lipinski definition) is 5. The fourth-order valence-electron chi connectivity index (χ4n) is 5.31. The van der Waals surface area contributed by atoms with Crippen molar-refractivity contribution in [3.63, 3.8) is 0 Å². The molecule has 0 spiro atoms. The molecule has 0 saturated carbocycles. The standard InChI is InChI=1S/C28H38N2O5S/c1-4-28(5-2)20-24(23-11-7-8-12-26(23)35-28)29-27(31)16-13-21-19-22(14-15-25(21)34-3)36(32,33)30-17-9-6-10-18-30/h7-8,11-12,14-15,19,24H,4-6,9-10,13,16-18,20H2,1-3H3,(H,29,31)/t24-/m0/s1. The van der Waals surface area contributed by atoms with Crippen LogP contribution in [0.2, 0.25) is 0 Å². The van der Waals surface area contributed by atoms with Gasteiger partial charge in [-0.15, -0.1) is 0 Å². The number of methoxy groups -OCH3 is 1. The molecule has 4 rings (SSSR count). The van der Waals surface area contributed by atoms with Crippen molar-refractivity contribution in [1.82, 2.24) is 9.62 Å². The van der Waals surface area contributed by atoms with Crippen molar-refractivity contribution in [2.75, 3.05) is 20.2 Å². The highest BCUT2D eigenvalue weighted by Gasteiger charge is 2.39. The molecule has 0 aromatic heterocycles. The predicted molar refractivity (Wildman–Crippen MR) is 140 cm³/mol. The number of ether oxygens (including phenoxy) is 2. The Labute approximate surface area is 215 Å². The largest absolute Gasteiger partial charge is 0.496 e. The van der Waals surface area contributed by atoms with Gasteiger partial charge in [0, 0.05) is 31.5 Å². The number of carbonyl (C=O) groups is 1. The number of nitrogens with one attached hydrogen (secondary N) is 1. The normalized spacial score (nSPS) is 19.7. The summed E-state index contributed by atoms with van der Waals surface area (Å²) in [7, 11) is -2.00. The molecule has 0 bridgehead atoms. The number of sulfonamides is 1. The van der Waals surface area contributed by atoms with Crippen molar-refractivity contribution in [2.24, 2.45) is 0 Å². The third-order valence-corrected chi connectivity index (χ3v) is 9.54. The monoisotopic (exact) mass is 514 g/mol. The average molecular weight is 515 g/mol. The van der Waals surface area contributed by atoms with Crippen molar-refractivity contribution in [3.8, 4) is 11.5 Å². The number of benzene rings is 2. The molecular formula is C28H38N2O5S.